The van der Waals surface area contributed by atoms with Crippen LogP contribution in [0.5, 0.6) is 5.75 Å². The summed E-state index contributed by atoms with van der Waals surface area (Å²) in [5.74, 6) is -3.45. The predicted molar refractivity (Wildman–Crippen MR) is 91.2 cm³/mol. The molecule has 1 amide bonds. The van der Waals surface area contributed by atoms with Crippen molar-refractivity contribution in [3.8, 4) is 5.75 Å². The summed E-state index contributed by atoms with van der Waals surface area (Å²) in [5, 5.41) is 11.8. The monoisotopic (exact) mass is 399 g/mol. The van der Waals surface area contributed by atoms with Gasteiger partial charge in [0, 0.05) is 13.0 Å². The lowest BCUT2D eigenvalue weighted by atomic mass is 9.99. The van der Waals surface area contributed by atoms with E-state index >= 15 is 0 Å². The summed E-state index contributed by atoms with van der Waals surface area (Å²) in [6.45, 7) is -0.168. The molecule has 0 radical (unpaired) electrons. The number of aryl methyl sites for hydroxylation is 1. The van der Waals surface area contributed by atoms with Crippen LogP contribution in [0.2, 0.25) is 0 Å². The highest BCUT2D eigenvalue weighted by molar-refractivity contribution is 5.80. The summed E-state index contributed by atoms with van der Waals surface area (Å²) in [6, 6.07) is 10.1. The molecule has 0 fully saturated rings. The van der Waals surface area contributed by atoms with Crippen LogP contribution in [0.15, 0.2) is 48.5 Å². The first-order chi connectivity index (χ1) is 13.1. The second-order valence-corrected chi connectivity index (χ2v) is 5.94. The number of ether oxygens (including phenoxy) is 1. The number of benzene rings is 2. The van der Waals surface area contributed by atoms with Crippen molar-refractivity contribution in [3.63, 3.8) is 0 Å². The Kier molecular flexibility index (Phi) is 6.97. The molecule has 0 aliphatic heterocycles. The van der Waals surface area contributed by atoms with Crippen LogP contribution >= 0.6 is 0 Å². The van der Waals surface area contributed by atoms with Crippen LogP contribution in [0.1, 0.15) is 23.5 Å². The minimum absolute atomic E-state index is 0.0230. The molecule has 0 saturated heterocycles. The molecule has 9 heteroatoms. The Hall–Kier alpha value is -3.10. The fourth-order valence-electron chi connectivity index (χ4n) is 2.46. The summed E-state index contributed by atoms with van der Waals surface area (Å²) >= 11 is 0. The van der Waals surface area contributed by atoms with Crippen LogP contribution in [0, 0.1) is 5.82 Å². The molecule has 0 aliphatic carbocycles. The first kappa shape index (κ1) is 21.2. The van der Waals surface area contributed by atoms with Gasteiger partial charge in [0.05, 0.1) is 5.92 Å². The van der Waals surface area contributed by atoms with Gasteiger partial charge in [-0.25, -0.2) is 4.39 Å². The molecule has 1 unspecified atom stereocenters. The average Bonchev–Trinajstić information content (AvgIpc) is 2.61. The standard InChI is InChI=1S/C19H17F4NO4/c20-14-6-4-13(5-7-14)16(18(26)27)11-24-17(25)10-3-12-1-8-15(9-2-12)28-19(21,22)23/h1-2,4-9,16H,3,10-11H2,(H,24,25)(H,26,27). The lowest BCUT2D eigenvalue weighted by Gasteiger charge is -2.14. The van der Waals surface area contributed by atoms with Gasteiger partial charge in [0.25, 0.3) is 0 Å². The third-order valence-corrected chi connectivity index (χ3v) is 3.87. The van der Waals surface area contributed by atoms with Gasteiger partial charge in [-0.2, -0.15) is 0 Å². The van der Waals surface area contributed by atoms with Crippen LogP contribution in [-0.4, -0.2) is 29.9 Å². The van der Waals surface area contributed by atoms with E-state index < -0.39 is 30.0 Å². The maximum atomic E-state index is 13.0. The van der Waals surface area contributed by atoms with Gasteiger partial charge >= 0.3 is 12.3 Å². The molecule has 5 nitrogen and oxygen atoms in total. The Balaban J connectivity index is 1.84. The van der Waals surface area contributed by atoms with Gasteiger partial charge in [0.15, 0.2) is 0 Å². The Morgan fingerprint density at radius 1 is 1.04 bits per heavy atom. The van der Waals surface area contributed by atoms with Crippen LogP contribution < -0.4 is 10.1 Å². The highest BCUT2D eigenvalue weighted by Gasteiger charge is 2.30. The molecule has 0 aliphatic rings. The number of rotatable bonds is 8. The zero-order chi connectivity index (χ0) is 20.7. The van der Waals surface area contributed by atoms with E-state index in [9.17, 15) is 32.3 Å². The Morgan fingerprint density at radius 2 is 1.64 bits per heavy atom. The molecule has 0 spiro atoms. The number of carbonyl (C=O) groups is 2. The molecular weight excluding hydrogens is 382 g/mol. The molecule has 2 aromatic rings. The maximum absolute atomic E-state index is 13.0. The number of halogens is 4. The zero-order valence-electron chi connectivity index (χ0n) is 14.5. The van der Waals surface area contributed by atoms with E-state index in [1.54, 1.807) is 0 Å². The van der Waals surface area contributed by atoms with Crippen LogP contribution in [0.4, 0.5) is 17.6 Å². The molecule has 150 valence electrons. The lowest BCUT2D eigenvalue weighted by molar-refractivity contribution is -0.274. The quantitative estimate of drug-likeness (QED) is 0.665. The summed E-state index contributed by atoms with van der Waals surface area (Å²) in [7, 11) is 0. The van der Waals surface area contributed by atoms with Crippen molar-refractivity contribution >= 4 is 11.9 Å². The van der Waals surface area contributed by atoms with Gasteiger partial charge in [-0.3, -0.25) is 9.59 Å². The minimum atomic E-state index is -4.77. The largest absolute Gasteiger partial charge is 0.573 e. The number of alkyl halides is 3. The van der Waals surface area contributed by atoms with Gasteiger partial charge in [0.1, 0.15) is 11.6 Å². The summed E-state index contributed by atoms with van der Waals surface area (Å²) in [6.07, 6.45) is -4.49. The smallest absolute Gasteiger partial charge is 0.481 e. The molecule has 0 saturated carbocycles. The topological polar surface area (TPSA) is 75.6 Å². The molecule has 0 heterocycles. The molecule has 2 aromatic carbocycles. The van der Waals surface area contributed by atoms with Crippen LogP contribution in [0.25, 0.3) is 0 Å². The number of carboxylic acid groups (broad SMARTS) is 1. The molecule has 0 aromatic heterocycles. The van der Waals surface area contributed by atoms with Crippen molar-refractivity contribution in [3.05, 3.63) is 65.5 Å². The van der Waals surface area contributed by atoms with Crippen molar-refractivity contribution in [2.75, 3.05) is 6.54 Å². The van der Waals surface area contributed by atoms with E-state index in [0.29, 0.717) is 11.1 Å². The fraction of sp³-hybridized carbons (Fsp3) is 0.263. The summed E-state index contributed by atoms with van der Waals surface area (Å²) in [5.41, 5.74) is 0.979. The fourth-order valence-corrected chi connectivity index (χ4v) is 2.46. The Labute approximate surface area is 157 Å². The van der Waals surface area contributed by atoms with E-state index in [2.05, 4.69) is 10.1 Å². The average molecular weight is 399 g/mol. The molecule has 0 bridgehead atoms. The SMILES string of the molecule is O=C(CCc1ccc(OC(F)(F)F)cc1)NCC(C(=O)O)c1ccc(F)cc1. The first-order valence-corrected chi connectivity index (χ1v) is 8.24. The molecular formula is C19H17F4NO4. The first-order valence-electron chi connectivity index (χ1n) is 8.24. The van der Waals surface area contributed by atoms with Gasteiger partial charge < -0.3 is 15.2 Å². The van der Waals surface area contributed by atoms with Gasteiger partial charge in [-0.15, -0.1) is 13.2 Å². The number of nitrogens with one attached hydrogen (secondary N) is 1. The number of hydrogen-bond acceptors (Lipinski definition) is 3. The summed E-state index contributed by atoms with van der Waals surface area (Å²) < 4.78 is 53.0. The van der Waals surface area contributed by atoms with E-state index in [0.717, 1.165) is 24.3 Å². The van der Waals surface area contributed by atoms with Gasteiger partial charge in [-0.1, -0.05) is 24.3 Å². The Bertz CT molecular complexity index is 804. The Morgan fingerprint density at radius 3 is 2.18 bits per heavy atom. The lowest BCUT2D eigenvalue weighted by Crippen LogP contribution is -2.31. The van der Waals surface area contributed by atoms with Crippen molar-refractivity contribution in [1.29, 1.82) is 0 Å². The van der Waals surface area contributed by atoms with E-state index in [4.69, 9.17) is 0 Å². The second-order valence-electron chi connectivity index (χ2n) is 5.94. The number of carboxylic acids is 1. The predicted octanol–water partition coefficient (Wildman–Crippen LogP) is 3.64. The van der Waals surface area contributed by atoms with Crippen LogP contribution in [0.3, 0.4) is 0 Å². The minimum Gasteiger partial charge on any atom is -0.481 e. The molecule has 2 N–H and O–H groups in total. The molecule has 28 heavy (non-hydrogen) atoms. The van der Waals surface area contributed by atoms with Crippen molar-refractivity contribution in [1.82, 2.24) is 5.32 Å². The highest BCUT2D eigenvalue weighted by atomic mass is 19.4. The zero-order valence-corrected chi connectivity index (χ0v) is 14.5. The van der Waals surface area contributed by atoms with Crippen LogP contribution in [-0.2, 0) is 16.0 Å². The molecule has 1 atom stereocenters. The normalized spacial score (nSPS) is 12.3. The number of carbonyl (C=O) groups excluding carboxylic acids is 1. The van der Waals surface area contributed by atoms with E-state index in [1.165, 1.54) is 24.3 Å². The number of hydrogen-bond donors (Lipinski definition) is 2. The van der Waals surface area contributed by atoms with E-state index in [-0.39, 0.29) is 25.1 Å². The number of aliphatic carboxylic acids is 1. The van der Waals surface area contributed by atoms with Crippen molar-refractivity contribution in [2.45, 2.75) is 25.1 Å². The second kappa shape index (κ2) is 9.20. The third-order valence-electron chi connectivity index (χ3n) is 3.87. The van der Waals surface area contributed by atoms with Crippen molar-refractivity contribution < 1.29 is 37.0 Å². The highest BCUT2D eigenvalue weighted by Crippen LogP contribution is 2.23. The van der Waals surface area contributed by atoms with Crippen molar-refractivity contribution in [2.24, 2.45) is 0 Å². The van der Waals surface area contributed by atoms with Gasteiger partial charge in [0.2, 0.25) is 5.91 Å². The summed E-state index contributed by atoms with van der Waals surface area (Å²) in [4.78, 5) is 23.3. The molecule has 2 rings (SSSR count). The van der Waals surface area contributed by atoms with Gasteiger partial charge in [-0.05, 0) is 41.8 Å². The third kappa shape index (κ3) is 6.90. The van der Waals surface area contributed by atoms with E-state index in [1.807, 2.05) is 0 Å². The maximum Gasteiger partial charge on any atom is 0.573 e. The number of amides is 1.